The molecule has 1 aromatic carbocycles. The third kappa shape index (κ3) is 3.68. The number of alkyl halides is 3. The number of aryl methyl sites for hydroxylation is 1. The minimum atomic E-state index is -4.38. The minimum Gasteiger partial charge on any atom is -0.260 e. The van der Waals surface area contributed by atoms with E-state index in [-0.39, 0.29) is 12.4 Å². The molecule has 0 unspecified atom stereocenters. The van der Waals surface area contributed by atoms with E-state index in [9.17, 15) is 13.2 Å². The highest BCUT2D eigenvalue weighted by Gasteiger charge is 2.37. The Hall–Kier alpha value is -1.65. The van der Waals surface area contributed by atoms with Crippen LogP contribution in [0.4, 0.5) is 13.2 Å². The molecule has 1 aliphatic heterocycles. The Labute approximate surface area is 116 Å². The van der Waals surface area contributed by atoms with Gasteiger partial charge in [-0.05, 0) is 18.4 Å². The summed E-state index contributed by atoms with van der Waals surface area (Å²) in [5.41, 5.74) is 1.02. The van der Waals surface area contributed by atoms with Crippen LogP contribution in [0.25, 0.3) is 0 Å². The Morgan fingerprint density at radius 2 is 1.80 bits per heavy atom. The van der Waals surface area contributed by atoms with Crippen molar-refractivity contribution in [2.24, 2.45) is 9.98 Å². The molecule has 2 nitrogen and oxygen atoms in total. The third-order valence-electron chi connectivity index (χ3n) is 3.23. The Morgan fingerprint density at radius 1 is 1.10 bits per heavy atom. The van der Waals surface area contributed by atoms with Crippen molar-refractivity contribution in [3.63, 3.8) is 0 Å². The highest BCUT2D eigenvalue weighted by molar-refractivity contribution is 6.13. The molecular formula is C15H17F3N2. The van der Waals surface area contributed by atoms with Crippen molar-refractivity contribution < 1.29 is 13.2 Å². The van der Waals surface area contributed by atoms with Crippen molar-refractivity contribution in [2.45, 2.75) is 38.8 Å². The predicted molar refractivity (Wildman–Crippen MR) is 74.6 cm³/mol. The second-order valence-corrected chi connectivity index (χ2v) is 4.85. The molecule has 0 radical (unpaired) electrons. The van der Waals surface area contributed by atoms with Crippen LogP contribution in [0.5, 0.6) is 0 Å². The van der Waals surface area contributed by atoms with E-state index in [0.29, 0.717) is 5.56 Å². The normalized spacial score (nSPS) is 15.2. The second kappa shape index (κ2) is 6.20. The molecule has 0 bridgehead atoms. The summed E-state index contributed by atoms with van der Waals surface area (Å²) in [5.74, 6) is 0.178. The number of amidine groups is 1. The van der Waals surface area contributed by atoms with Crippen LogP contribution >= 0.6 is 0 Å². The first-order valence-electron chi connectivity index (χ1n) is 6.79. The van der Waals surface area contributed by atoms with Gasteiger partial charge in [0.1, 0.15) is 5.71 Å². The summed E-state index contributed by atoms with van der Waals surface area (Å²) in [7, 11) is 0. The smallest absolute Gasteiger partial charge is 0.260 e. The van der Waals surface area contributed by atoms with Gasteiger partial charge in [-0.1, -0.05) is 44.0 Å². The Bertz CT molecular complexity index is 513. The molecule has 0 saturated carbocycles. The molecule has 1 aromatic rings. The molecule has 20 heavy (non-hydrogen) atoms. The Morgan fingerprint density at radius 3 is 2.35 bits per heavy atom. The fourth-order valence-corrected chi connectivity index (χ4v) is 2.06. The number of hydrogen-bond donors (Lipinski definition) is 0. The lowest BCUT2D eigenvalue weighted by Crippen LogP contribution is -2.23. The van der Waals surface area contributed by atoms with Crippen molar-refractivity contribution in [2.75, 3.05) is 6.54 Å². The van der Waals surface area contributed by atoms with Crippen molar-refractivity contribution in [1.82, 2.24) is 0 Å². The highest BCUT2D eigenvalue weighted by atomic mass is 19.4. The van der Waals surface area contributed by atoms with Crippen molar-refractivity contribution >= 4 is 11.5 Å². The zero-order valence-corrected chi connectivity index (χ0v) is 11.4. The lowest BCUT2D eigenvalue weighted by atomic mass is 10.1. The van der Waals surface area contributed by atoms with Gasteiger partial charge in [0.15, 0.2) is 5.84 Å². The molecule has 0 saturated heterocycles. The standard InChI is InChI=1S/C15H17F3N2/c1-2-3-4-5-11-6-8-12(9-7-11)14-19-10-13(20-14)15(16,17)18/h6-9H,2-5,10H2,1H3. The van der Waals surface area contributed by atoms with Gasteiger partial charge in [0.25, 0.3) is 0 Å². The van der Waals surface area contributed by atoms with Crippen LogP contribution in [0, 0.1) is 0 Å². The summed E-state index contributed by atoms with van der Waals surface area (Å²) in [6.07, 6.45) is 0.105. The number of hydrogen-bond acceptors (Lipinski definition) is 2. The van der Waals surface area contributed by atoms with E-state index in [4.69, 9.17) is 0 Å². The van der Waals surface area contributed by atoms with Gasteiger partial charge in [-0.15, -0.1) is 0 Å². The van der Waals surface area contributed by atoms with E-state index in [1.54, 1.807) is 12.1 Å². The van der Waals surface area contributed by atoms with Gasteiger partial charge >= 0.3 is 6.18 Å². The van der Waals surface area contributed by atoms with Gasteiger partial charge in [0, 0.05) is 5.56 Å². The van der Waals surface area contributed by atoms with Gasteiger partial charge in [0.05, 0.1) is 6.54 Å². The van der Waals surface area contributed by atoms with Crippen LogP contribution in [0.2, 0.25) is 0 Å². The first-order chi connectivity index (χ1) is 9.50. The highest BCUT2D eigenvalue weighted by Crippen LogP contribution is 2.22. The summed E-state index contributed by atoms with van der Waals surface area (Å²) in [6, 6.07) is 7.47. The summed E-state index contributed by atoms with van der Waals surface area (Å²) in [4.78, 5) is 7.43. The molecule has 0 aromatic heterocycles. The molecule has 0 atom stereocenters. The Balaban J connectivity index is 2.02. The van der Waals surface area contributed by atoms with E-state index >= 15 is 0 Å². The van der Waals surface area contributed by atoms with E-state index in [2.05, 4.69) is 16.9 Å². The monoisotopic (exact) mass is 282 g/mol. The quantitative estimate of drug-likeness (QED) is 0.724. The maximum Gasteiger partial charge on any atom is 0.431 e. The van der Waals surface area contributed by atoms with E-state index < -0.39 is 11.9 Å². The number of halogens is 3. The van der Waals surface area contributed by atoms with Gasteiger partial charge in [-0.3, -0.25) is 4.99 Å². The molecule has 2 rings (SSSR count). The third-order valence-corrected chi connectivity index (χ3v) is 3.23. The van der Waals surface area contributed by atoms with E-state index in [1.807, 2.05) is 12.1 Å². The van der Waals surface area contributed by atoms with Crippen LogP contribution in [0.3, 0.4) is 0 Å². The maximum absolute atomic E-state index is 12.5. The summed E-state index contributed by atoms with van der Waals surface area (Å²) in [6.45, 7) is 1.77. The first-order valence-corrected chi connectivity index (χ1v) is 6.79. The lowest BCUT2D eigenvalue weighted by Gasteiger charge is -2.04. The average Bonchev–Trinajstić information content (AvgIpc) is 2.89. The van der Waals surface area contributed by atoms with Crippen LogP contribution < -0.4 is 0 Å². The van der Waals surface area contributed by atoms with E-state index in [1.165, 1.54) is 18.4 Å². The number of aliphatic imine (C=N–C) groups is 2. The zero-order valence-electron chi connectivity index (χ0n) is 11.4. The fraction of sp³-hybridized carbons (Fsp3) is 0.467. The molecule has 0 spiro atoms. The SMILES string of the molecule is CCCCCc1ccc(C2=NCC(C(F)(F)F)=N2)cc1. The van der Waals surface area contributed by atoms with Crippen LogP contribution in [-0.2, 0) is 6.42 Å². The van der Waals surface area contributed by atoms with Crippen molar-refractivity contribution in [1.29, 1.82) is 0 Å². The molecule has 0 aliphatic carbocycles. The number of nitrogens with zero attached hydrogens (tertiary/aromatic N) is 2. The molecule has 1 aliphatic rings. The van der Waals surface area contributed by atoms with Gasteiger partial charge in [-0.25, -0.2) is 4.99 Å². The molecule has 0 N–H and O–H groups in total. The minimum absolute atomic E-state index is 0.178. The molecule has 0 fully saturated rings. The van der Waals surface area contributed by atoms with Gasteiger partial charge in [0.2, 0.25) is 0 Å². The summed E-state index contributed by atoms with van der Waals surface area (Å²) >= 11 is 0. The topological polar surface area (TPSA) is 24.7 Å². The summed E-state index contributed by atoms with van der Waals surface area (Å²) < 4.78 is 37.4. The van der Waals surface area contributed by atoms with Crippen LogP contribution in [-0.4, -0.2) is 24.3 Å². The first kappa shape index (κ1) is 14.8. The number of rotatable bonds is 5. The van der Waals surface area contributed by atoms with Gasteiger partial charge < -0.3 is 0 Å². The number of benzene rings is 1. The zero-order chi connectivity index (χ0) is 14.6. The molecule has 5 heteroatoms. The lowest BCUT2D eigenvalue weighted by molar-refractivity contribution is -0.0592. The Kier molecular flexibility index (Phi) is 4.57. The fourth-order valence-electron chi connectivity index (χ4n) is 2.06. The second-order valence-electron chi connectivity index (χ2n) is 4.85. The summed E-state index contributed by atoms with van der Waals surface area (Å²) in [5, 5.41) is 0. The van der Waals surface area contributed by atoms with Crippen molar-refractivity contribution in [3.05, 3.63) is 35.4 Å². The number of unbranched alkanes of at least 4 members (excludes halogenated alkanes) is 2. The molecule has 108 valence electrons. The van der Waals surface area contributed by atoms with Crippen LogP contribution in [0.15, 0.2) is 34.3 Å². The largest absolute Gasteiger partial charge is 0.431 e. The van der Waals surface area contributed by atoms with Crippen molar-refractivity contribution in [3.8, 4) is 0 Å². The average molecular weight is 282 g/mol. The van der Waals surface area contributed by atoms with Gasteiger partial charge in [-0.2, -0.15) is 13.2 Å². The molecule has 0 amide bonds. The maximum atomic E-state index is 12.5. The van der Waals surface area contributed by atoms with E-state index in [0.717, 1.165) is 12.8 Å². The molecular weight excluding hydrogens is 265 g/mol. The molecule has 1 heterocycles. The predicted octanol–water partition coefficient (Wildman–Crippen LogP) is 4.18. The van der Waals surface area contributed by atoms with Crippen LogP contribution in [0.1, 0.15) is 37.3 Å².